The van der Waals surface area contributed by atoms with Crippen molar-refractivity contribution >= 4 is 11.0 Å². The van der Waals surface area contributed by atoms with Crippen LogP contribution in [0.1, 0.15) is 6.92 Å². The Morgan fingerprint density at radius 2 is 1.47 bits per heavy atom. The number of aliphatic hydroxyl groups excluding tert-OH is 6. The van der Waals surface area contributed by atoms with Crippen LogP contribution in [-0.4, -0.2) is 123 Å². The van der Waals surface area contributed by atoms with E-state index in [4.69, 9.17) is 32.8 Å². The number of hydrogen-bond acceptors (Lipinski definition) is 16. The van der Waals surface area contributed by atoms with Crippen LogP contribution in [0.3, 0.4) is 0 Å². The van der Waals surface area contributed by atoms with Gasteiger partial charge in [0.15, 0.2) is 34.7 Å². The Balaban J connectivity index is 1.42. The van der Waals surface area contributed by atoms with Crippen molar-refractivity contribution in [2.24, 2.45) is 0 Å². The number of fused-ring (bicyclic) bond motifs is 1. The molecule has 0 saturated carbocycles. The minimum Gasteiger partial charge on any atom is -0.504 e. The van der Waals surface area contributed by atoms with Gasteiger partial charge in [0.05, 0.1) is 26.9 Å². The third-order valence-electron chi connectivity index (χ3n) is 7.73. The topological polar surface area (TPSA) is 247 Å². The van der Waals surface area contributed by atoms with Gasteiger partial charge in [-0.2, -0.15) is 0 Å². The Hall–Kier alpha value is -3.71. The lowest BCUT2D eigenvalue weighted by Crippen LogP contribution is -2.61. The fraction of sp³-hybridized carbons (Fsp3) is 0.483. The Labute approximate surface area is 254 Å². The molecule has 3 heterocycles. The maximum absolute atomic E-state index is 13.0. The van der Waals surface area contributed by atoms with Gasteiger partial charge in [-0.05, 0) is 25.1 Å². The smallest absolute Gasteiger partial charge is 0.229 e. The largest absolute Gasteiger partial charge is 0.504 e. The van der Waals surface area contributed by atoms with Crippen molar-refractivity contribution in [3.63, 3.8) is 0 Å². The summed E-state index contributed by atoms with van der Waals surface area (Å²) in [7, 11) is 2.55. The number of rotatable bonds is 8. The summed E-state index contributed by atoms with van der Waals surface area (Å²) < 4.78 is 38.4. The van der Waals surface area contributed by atoms with E-state index in [1.807, 2.05) is 0 Å². The van der Waals surface area contributed by atoms with E-state index in [0.29, 0.717) is 5.56 Å². The highest BCUT2D eigenvalue weighted by Gasteiger charge is 2.47. The van der Waals surface area contributed by atoms with Gasteiger partial charge in [-0.25, -0.2) is 0 Å². The zero-order valence-electron chi connectivity index (χ0n) is 24.2. The molecule has 0 spiro atoms. The van der Waals surface area contributed by atoms with Crippen molar-refractivity contribution in [2.45, 2.75) is 68.3 Å². The Morgan fingerprint density at radius 1 is 0.778 bits per heavy atom. The quantitative estimate of drug-likeness (QED) is 0.146. The number of hydrogen-bond donors (Lipinski definition) is 8. The first-order chi connectivity index (χ1) is 21.4. The number of aliphatic hydroxyl groups is 6. The van der Waals surface area contributed by atoms with Crippen molar-refractivity contribution in [1.29, 1.82) is 0 Å². The molecule has 1 aromatic heterocycles. The molecule has 16 heteroatoms. The molecule has 2 aromatic carbocycles. The molecular formula is C29H34O16. The second kappa shape index (κ2) is 13.0. The summed E-state index contributed by atoms with van der Waals surface area (Å²) in [5.74, 6) is -1.29. The first-order valence-electron chi connectivity index (χ1n) is 13.8. The summed E-state index contributed by atoms with van der Waals surface area (Å²) in [6.45, 7) is 0.916. The average Bonchev–Trinajstić information content (AvgIpc) is 3.01. The normalized spacial score (nSPS) is 31.9. The van der Waals surface area contributed by atoms with Crippen LogP contribution in [0.5, 0.6) is 28.7 Å². The Bertz CT molecular complexity index is 1570. The highest BCUT2D eigenvalue weighted by atomic mass is 16.7. The molecule has 2 fully saturated rings. The number of methoxy groups -OCH3 is 2. The second-order valence-corrected chi connectivity index (χ2v) is 10.6. The van der Waals surface area contributed by atoms with Gasteiger partial charge in [-0.3, -0.25) is 4.79 Å². The van der Waals surface area contributed by atoms with E-state index in [-0.39, 0.29) is 39.7 Å². The molecule has 0 radical (unpaired) electrons. The molecule has 4 unspecified atom stereocenters. The predicted octanol–water partition coefficient (Wildman–Crippen LogP) is -1.08. The van der Waals surface area contributed by atoms with Crippen LogP contribution in [0, 0.1) is 0 Å². The van der Waals surface area contributed by atoms with Crippen LogP contribution in [-0.2, 0) is 14.2 Å². The molecule has 2 aliphatic heterocycles. The van der Waals surface area contributed by atoms with Crippen molar-refractivity contribution in [3.05, 3.63) is 40.6 Å². The minimum absolute atomic E-state index is 0.0183. The third kappa shape index (κ3) is 6.11. The Kier molecular flexibility index (Phi) is 9.41. The summed E-state index contributed by atoms with van der Waals surface area (Å²) in [5.41, 5.74) is -0.530. The van der Waals surface area contributed by atoms with Gasteiger partial charge in [0.1, 0.15) is 59.5 Å². The molecule has 0 bridgehead atoms. The third-order valence-corrected chi connectivity index (χ3v) is 7.73. The van der Waals surface area contributed by atoms with E-state index < -0.39 is 79.2 Å². The molecule has 45 heavy (non-hydrogen) atoms. The van der Waals surface area contributed by atoms with Gasteiger partial charge >= 0.3 is 0 Å². The van der Waals surface area contributed by atoms with Crippen LogP contribution >= 0.6 is 0 Å². The summed E-state index contributed by atoms with van der Waals surface area (Å²) in [5, 5.41) is 82.7. The highest BCUT2D eigenvalue weighted by molar-refractivity contribution is 5.89. The minimum atomic E-state index is -1.84. The van der Waals surface area contributed by atoms with E-state index in [1.165, 1.54) is 45.4 Å². The van der Waals surface area contributed by atoms with Crippen LogP contribution in [0.4, 0.5) is 0 Å². The van der Waals surface area contributed by atoms with Gasteiger partial charge in [-0.15, -0.1) is 0 Å². The molecule has 0 aliphatic carbocycles. The van der Waals surface area contributed by atoms with Gasteiger partial charge in [0, 0.05) is 17.7 Å². The van der Waals surface area contributed by atoms with Crippen molar-refractivity contribution in [3.8, 4) is 40.1 Å². The number of phenols is 2. The molecule has 3 aromatic rings. The fourth-order valence-corrected chi connectivity index (χ4v) is 5.15. The molecule has 0 amide bonds. The van der Waals surface area contributed by atoms with Gasteiger partial charge in [-0.1, -0.05) is 0 Å². The van der Waals surface area contributed by atoms with Crippen LogP contribution in [0.15, 0.2) is 39.5 Å². The molecule has 16 nitrogen and oxygen atoms in total. The summed E-state index contributed by atoms with van der Waals surface area (Å²) in [6.07, 6.45) is -15.4. The number of ether oxygens (including phenoxy) is 6. The predicted molar refractivity (Wildman–Crippen MR) is 150 cm³/mol. The van der Waals surface area contributed by atoms with E-state index >= 15 is 0 Å². The van der Waals surface area contributed by atoms with E-state index in [2.05, 4.69) is 0 Å². The second-order valence-electron chi connectivity index (χ2n) is 10.6. The zero-order valence-corrected chi connectivity index (χ0v) is 24.2. The fourth-order valence-electron chi connectivity index (χ4n) is 5.15. The Morgan fingerprint density at radius 3 is 2.13 bits per heavy atom. The van der Waals surface area contributed by atoms with E-state index in [0.717, 1.165) is 6.07 Å². The zero-order chi connectivity index (χ0) is 32.7. The molecule has 8 N–H and O–H groups in total. The van der Waals surface area contributed by atoms with E-state index in [1.54, 1.807) is 0 Å². The molecular weight excluding hydrogens is 604 g/mol. The van der Waals surface area contributed by atoms with Gasteiger partial charge < -0.3 is 73.7 Å². The molecule has 10 atom stereocenters. The van der Waals surface area contributed by atoms with E-state index in [9.17, 15) is 45.6 Å². The first-order valence-corrected chi connectivity index (χ1v) is 13.8. The van der Waals surface area contributed by atoms with Crippen molar-refractivity contribution < 1.29 is 73.7 Å². The standard InChI is InChI=1S/C29H34O16/c1-10-20(32)23(35)25(37)28(42-10)41-9-18-21(33)24(36)26(38)29(45-18)44-17-8-16-19(22(34)27(17)40-3)13(31)7-15(43-16)11-4-5-14(39-2)12(30)6-11/h4-8,10,18,20-21,23-26,28-30,32-38H,9H2,1-3H3/t10?,18?,20-,21+,23-,24-,25?,26?,28+,29+/m0/s1. The van der Waals surface area contributed by atoms with Crippen molar-refractivity contribution in [2.75, 3.05) is 20.8 Å². The van der Waals surface area contributed by atoms with Crippen LogP contribution in [0.25, 0.3) is 22.3 Å². The number of aromatic hydroxyl groups is 2. The van der Waals surface area contributed by atoms with Crippen LogP contribution < -0.4 is 19.6 Å². The molecule has 2 saturated heterocycles. The molecule has 5 rings (SSSR count). The molecule has 246 valence electrons. The summed E-state index contributed by atoms with van der Waals surface area (Å²) in [6, 6.07) is 6.59. The first kappa shape index (κ1) is 32.7. The number of phenolic OH excluding ortho intramolecular Hbond substituents is 2. The molecule has 2 aliphatic rings. The highest BCUT2D eigenvalue weighted by Crippen LogP contribution is 2.44. The summed E-state index contributed by atoms with van der Waals surface area (Å²) >= 11 is 0. The SMILES string of the molecule is COc1ccc(-c2cc(=O)c3c(O)c(OC)c(O[C@@H]4OC(CO[C@@H]5OC(C)[C@H](O)[C@H](O)C5O)[C@@H](O)[C@H](O)C4O)cc3o2)cc1O. The van der Waals surface area contributed by atoms with Gasteiger partial charge in [0.2, 0.25) is 12.0 Å². The van der Waals surface area contributed by atoms with Crippen LogP contribution in [0.2, 0.25) is 0 Å². The lowest BCUT2D eigenvalue weighted by molar-refractivity contribution is -0.318. The summed E-state index contributed by atoms with van der Waals surface area (Å²) in [4.78, 5) is 13.0. The van der Waals surface area contributed by atoms with Crippen molar-refractivity contribution in [1.82, 2.24) is 0 Å². The maximum Gasteiger partial charge on any atom is 0.229 e. The van der Waals surface area contributed by atoms with Gasteiger partial charge in [0.25, 0.3) is 0 Å². The monoisotopic (exact) mass is 638 g/mol. The average molecular weight is 639 g/mol. The number of benzene rings is 2. The maximum atomic E-state index is 13.0. The lowest BCUT2D eigenvalue weighted by Gasteiger charge is -2.42. The lowest BCUT2D eigenvalue weighted by atomic mass is 9.98.